The molecule has 0 aliphatic carbocycles. The van der Waals surface area contributed by atoms with Crippen LogP contribution in [0.5, 0.6) is 0 Å². The summed E-state index contributed by atoms with van der Waals surface area (Å²) in [6.45, 7) is 7.46. The number of ether oxygens (including phenoxy) is 1. The Kier molecular flexibility index (Phi) is 8.08. The van der Waals surface area contributed by atoms with Crippen LogP contribution in [0.2, 0.25) is 0 Å². The van der Waals surface area contributed by atoms with E-state index in [0.717, 1.165) is 57.3 Å². The summed E-state index contributed by atoms with van der Waals surface area (Å²) in [5.41, 5.74) is -0.0682. The highest BCUT2D eigenvalue weighted by atomic mass is 127. The minimum Gasteiger partial charge on any atom is -0.373 e. The van der Waals surface area contributed by atoms with Crippen LogP contribution in [-0.4, -0.2) is 53.1 Å². The molecule has 1 fully saturated rings. The van der Waals surface area contributed by atoms with Crippen molar-refractivity contribution in [1.82, 2.24) is 25.4 Å². The van der Waals surface area contributed by atoms with Gasteiger partial charge in [-0.25, -0.2) is 0 Å². The minimum atomic E-state index is -0.0682. The predicted octanol–water partition coefficient (Wildman–Crippen LogP) is 1.19. The van der Waals surface area contributed by atoms with Crippen molar-refractivity contribution in [3.05, 3.63) is 12.2 Å². The van der Waals surface area contributed by atoms with E-state index in [1.54, 1.807) is 13.4 Å². The summed E-state index contributed by atoms with van der Waals surface area (Å²) >= 11 is 0. The van der Waals surface area contributed by atoms with Gasteiger partial charge < -0.3 is 19.9 Å². The molecule has 2 rings (SSSR count). The lowest BCUT2D eigenvalue weighted by atomic mass is 10.0. The SMILES string of the molecule is CCc1nncn1CCNC(=NC)NCC1(C)CCCO1.I. The Morgan fingerprint density at radius 2 is 2.32 bits per heavy atom. The smallest absolute Gasteiger partial charge is 0.191 e. The fourth-order valence-electron chi connectivity index (χ4n) is 2.50. The highest BCUT2D eigenvalue weighted by molar-refractivity contribution is 14.0. The molecular formula is C14H27IN6O. The van der Waals surface area contributed by atoms with E-state index < -0.39 is 0 Å². The molecule has 2 N–H and O–H groups in total. The molecule has 126 valence electrons. The Morgan fingerprint density at radius 1 is 1.50 bits per heavy atom. The van der Waals surface area contributed by atoms with Crippen molar-refractivity contribution in [3.63, 3.8) is 0 Å². The third-order valence-electron chi connectivity index (χ3n) is 3.81. The van der Waals surface area contributed by atoms with E-state index in [0.29, 0.717) is 0 Å². The first-order chi connectivity index (χ1) is 10.2. The average molecular weight is 422 g/mol. The van der Waals surface area contributed by atoms with Crippen LogP contribution in [-0.2, 0) is 17.7 Å². The maximum Gasteiger partial charge on any atom is 0.191 e. The van der Waals surface area contributed by atoms with Gasteiger partial charge >= 0.3 is 0 Å². The van der Waals surface area contributed by atoms with Gasteiger partial charge in [0.1, 0.15) is 12.2 Å². The lowest BCUT2D eigenvalue weighted by molar-refractivity contribution is 0.0243. The Hall–Kier alpha value is -0.900. The second-order valence-electron chi connectivity index (χ2n) is 5.55. The first-order valence-electron chi connectivity index (χ1n) is 7.62. The lowest BCUT2D eigenvalue weighted by Crippen LogP contribution is -2.46. The van der Waals surface area contributed by atoms with Gasteiger partial charge in [0, 0.05) is 39.7 Å². The topological polar surface area (TPSA) is 76.4 Å². The van der Waals surface area contributed by atoms with Gasteiger partial charge in [0.25, 0.3) is 0 Å². The summed E-state index contributed by atoms with van der Waals surface area (Å²) in [4.78, 5) is 4.24. The molecule has 1 atom stereocenters. The number of aliphatic imine (C=N–C) groups is 1. The summed E-state index contributed by atoms with van der Waals surface area (Å²) in [7, 11) is 1.78. The van der Waals surface area contributed by atoms with Crippen LogP contribution in [0.1, 0.15) is 32.5 Å². The van der Waals surface area contributed by atoms with Gasteiger partial charge in [-0.1, -0.05) is 6.92 Å². The molecule has 7 nitrogen and oxygen atoms in total. The largest absolute Gasteiger partial charge is 0.373 e. The van der Waals surface area contributed by atoms with Crippen LogP contribution >= 0.6 is 24.0 Å². The van der Waals surface area contributed by atoms with Gasteiger partial charge in [-0.15, -0.1) is 34.2 Å². The van der Waals surface area contributed by atoms with Crippen molar-refractivity contribution >= 4 is 29.9 Å². The van der Waals surface area contributed by atoms with E-state index in [9.17, 15) is 0 Å². The highest BCUT2D eigenvalue weighted by Crippen LogP contribution is 2.23. The molecule has 1 unspecified atom stereocenters. The van der Waals surface area contributed by atoms with Crippen LogP contribution in [0.4, 0.5) is 0 Å². The number of nitrogens with one attached hydrogen (secondary N) is 2. The minimum absolute atomic E-state index is 0. The number of guanidine groups is 1. The molecule has 0 radical (unpaired) electrons. The maximum atomic E-state index is 5.76. The summed E-state index contributed by atoms with van der Waals surface area (Å²) in [6.07, 6.45) is 4.89. The number of nitrogens with zero attached hydrogens (tertiary/aromatic N) is 4. The van der Waals surface area contributed by atoms with Gasteiger partial charge in [0.05, 0.1) is 5.60 Å². The van der Waals surface area contributed by atoms with Crippen molar-refractivity contribution in [1.29, 1.82) is 0 Å². The van der Waals surface area contributed by atoms with Crippen LogP contribution in [0.3, 0.4) is 0 Å². The zero-order chi connectivity index (χ0) is 15.1. The molecule has 1 aromatic heterocycles. The monoisotopic (exact) mass is 422 g/mol. The number of hydrogen-bond donors (Lipinski definition) is 2. The first-order valence-corrected chi connectivity index (χ1v) is 7.62. The van der Waals surface area contributed by atoms with Gasteiger partial charge in [-0.2, -0.15) is 0 Å². The lowest BCUT2D eigenvalue weighted by Gasteiger charge is -2.24. The normalized spacial score (nSPS) is 21.5. The van der Waals surface area contributed by atoms with Crippen molar-refractivity contribution in [2.45, 2.75) is 45.3 Å². The zero-order valence-corrected chi connectivity index (χ0v) is 16.0. The van der Waals surface area contributed by atoms with Crippen LogP contribution in [0.15, 0.2) is 11.3 Å². The number of hydrogen-bond acceptors (Lipinski definition) is 4. The highest BCUT2D eigenvalue weighted by Gasteiger charge is 2.29. The Balaban J connectivity index is 0.00000242. The van der Waals surface area contributed by atoms with E-state index in [4.69, 9.17) is 4.74 Å². The van der Waals surface area contributed by atoms with Crippen LogP contribution in [0, 0.1) is 0 Å². The molecule has 1 saturated heterocycles. The molecule has 8 heteroatoms. The van der Waals surface area contributed by atoms with E-state index in [-0.39, 0.29) is 29.6 Å². The fourth-order valence-corrected chi connectivity index (χ4v) is 2.50. The fraction of sp³-hybridized carbons (Fsp3) is 0.786. The third kappa shape index (κ3) is 5.38. The second kappa shape index (κ2) is 9.29. The number of aryl methyl sites for hydroxylation is 1. The molecule has 0 aromatic carbocycles. The summed E-state index contributed by atoms with van der Waals surface area (Å²) in [5, 5.41) is 14.6. The Labute approximate surface area is 149 Å². The van der Waals surface area contributed by atoms with E-state index in [2.05, 4.69) is 44.2 Å². The summed E-state index contributed by atoms with van der Waals surface area (Å²) < 4.78 is 7.82. The number of halogens is 1. The molecule has 1 aliphatic rings. The quantitative estimate of drug-likeness (QED) is 0.409. The van der Waals surface area contributed by atoms with Crippen LogP contribution < -0.4 is 10.6 Å². The number of aromatic nitrogens is 3. The van der Waals surface area contributed by atoms with Crippen molar-refractivity contribution in [3.8, 4) is 0 Å². The average Bonchev–Trinajstić information content (AvgIpc) is 3.11. The summed E-state index contributed by atoms with van der Waals surface area (Å²) in [6, 6.07) is 0. The summed E-state index contributed by atoms with van der Waals surface area (Å²) in [5.74, 6) is 1.81. The second-order valence-corrected chi connectivity index (χ2v) is 5.55. The van der Waals surface area contributed by atoms with Gasteiger partial charge in [0.2, 0.25) is 0 Å². The molecule has 2 heterocycles. The predicted molar refractivity (Wildman–Crippen MR) is 97.8 cm³/mol. The number of rotatable bonds is 6. The molecule has 1 aromatic rings. The maximum absolute atomic E-state index is 5.76. The molecular weight excluding hydrogens is 395 g/mol. The van der Waals surface area contributed by atoms with Crippen molar-refractivity contribution < 1.29 is 4.74 Å². The molecule has 0 saturated carbocycles. The van der Waals surface area contributed by atoms with Gasteiger partial charge in [-0.3, -0.25) is 4.99 Å². The molecule has 0 amide bonds. The van der Waals surface area contributed by atoms with E-state index >= 15 is 0 Å². The van der Waals surface area contributed by atoms with Crippen molar-refractivity contribution in [2.75, 3.05) is 26.7 Å². The van der Waals surface area contributed by atoms with E-state index in [1.807, 2.05) is 0 Å². The molecule has 0 bridgehead atoms. The molecule has 22 heavy (non-hydrogen) atoms. The van der Waals surface area contributed by atoms with Gasteiger partial charge in [0.15, 0.2) is 5.96 Å². The first kappa shape index (κ1) is 19.1. The molecule has 0 spiro atoms. The Morgan fingerprint density at radius 3 is 2.95 bits per heavy atom. The van der Waals surface area contributed by atoms with Crippen LogP contribution in [0.25, 0.3) is 0 Å². The third-order valence-corrected chi connectivity index (χ3v) is 3.81. The van der Waals surface area contributed by atoms with Crippen molar-refractivity contribution in [2.24, 2.45) is 4.99 Å². The Bertz CT molecular complexity index is 470. The van der Waals surface area contributed by atoms with Gasteiger partial charge in [-0.05, 0) is 19.8 Å². The molecule has 1 aliphatic heterocycles. The standard InChI is InChI=1S/C14H26N6O.HI/c1-4-12-19-18-11-20(12)8-7-16-13(15-3)17-10-14(2)6-5-9-21-14;/h11H,4-10H2,1-3H3,(H2,15,16,17);1H. The zero-order valence-electron chi connectivity index (χ0n) is 13.6. The van der Waals surface area contributed by atoms with E-state index in [1.165, 1.54) is 0 Å².